The second-order valence-corrected chi connectivity index (χ2v) is 6.12. The summed E-state index contributed by atoms with van der Waals surface area (Å²) in [7, 11) is 1.08. The third-order valence-corrected chi connectivity index (χ3v) is 4.50. The minimum Gasteiger partial charge on any atom is -0.335 e. The largest absolute Gasteiger partial charge is 0.406 e. The van der Waals surface area contributed by atoms with Crippen molar-refractivity contribution in [1.82, 2.24) is 15.1 Å². The number of fused-ring (bicyclic) bond motifs is 1. The van der Waals surface area contributed by atoms with E-state index in [4.69, 9.17) is 0 Å². The minimum atomic E-state index is -4.43. The molecular weight excluding hydrogens is 299 g/mol. The van der Waals surface area contributed by atoms with E-state index >= 15 is 0 Å². The summed E-state index contributed by atoms with van der Waals surface area (Å²) in [6.07, 6.45) is 0.927. The SMILES string of the molecule is CN(CC(F)(F)F)C(=O)CNC(=O)N1CC[C@H]2CCCC[C@@H]21. The summed E-state index contributed by atoms with van der Waals surface area (Å²) in [5, 5.41) is 2.45. The maximum absolute atomic E-state index is 12.2. The number of hydrogen-bond donors (Lipinski definition) is 1. The van der Waals surface area contributed by atoms with Crippen LogP contribution in [0.15, 0.2) is 0 Å². The van der Waals surface area contributed by atoms with Crippen LogP contribution in [0.4, 0.5) is 18.0 Å². The number of carbonyl (C=O) groups excluding carboxylic acids is 2. The van der Waals surface area contributed by atoms with Crippen LogP contribution in [0.3, 0.4) is 0 Å². The van der Waals surface area contributed by atoms with Crippen LogP contribution in [-0.2, 0) is 4.79 Å². The molecule has 2 fully saturated rings. The molecule has 2 aliphatic rings. The van der Waals surface area contributed by atoms with Gasteiger partial charge in [0, 0.05) is 19.6 Å². The van der Waals surface area contributed by atoms with Crippen molar-refractivity contribution in [2.45, 2.75) is 44.3 Å². The van der Waals surface area contributed by atoms with Crippen molar-refractivity contribution >= 4 is 11.9 Å². The second kappa shape index (κ2) is 6.75. The number of nitrogens with zero attached hydrogens (tertiary/aromatic N) is 2. The fourth-order valence-corrected chi connectivity index (χ4v) is 3.40. The Hall–Kier alpha value is -1.47. The number of amides is 3. The molecule has 1 aliphatic heterocycles. The molecule has 2 rings (SSSR count). The van der Waals surface area contributed by atoms with Gasteiger partial charge in [-0.1, -0.05) is 12.8 Å². The molecule has 5 nitrogen and oxygen atoms in total. The highest BCUT2D eigenvalue weighted by molar-refractivity contribution is 5.84. The van der Waals surface area contributed by atoms with Crippen molar-refractivity contribution in [2.75, 3.05) is 26.7 Å². The Morgan fingerprint density at radius 3 is 2.59 bits per heavy atom. The Bertz CT molecular complexity index is 428. The zero-order valence-corrected chi connectivity index (χ0v) is 12.7. The highest BCUT2D eigenvalue weighted by Crippen LogP contribution is 2.35. The highest BCUT2D eigenvalue weighted by Gasteiger charge is 2.38. The molecule has 0 radical (unpaired) electrons. The zero-order valence-electron chi connectivity index (χ0n) is 12.7. The Morgan fingerprint density at radius 1 is 1.23 bits per heavy atom. The van der Waals surface area contributed by atoms with Crippen molar-refractivity contribution in [3.05, 3.63) is 0 Å². The third-order valence-electron chi connectivity index (χ3n) is 4.50. The summed E-state index contributed by atoms with van der Waals surface area (Å²) in [6.45, 7) is -1.05. The van der Waals surface area contributed by atoms with Crippen LogP contribution in [0.1, 0.15) is 32.1 Å². The number of hydrogen-bond acceptors (Lipinski definition) is 2. The number of halogens is 3. The van der Waals surface area contributed by atoms with Gasteiger partial charge in [0.15, 0.2) is 0 Å². The number of rotatable bonds is 3. The summed E-state index contributed by atoms with van der Waals surface area (Å²) in [6, 6.07) is -0.125. The molecule has 0 aromatic carbocycles. The lowest BCUT2D eigenvalue weighted by atomic mass is 9.85. The van der Waals surface area contributed by atoms with Gasteiger partial charge in [0.1, 0.15) is 6.54 Å². The fraction of sp³-hybridized carbons (Fsp3) is 0.857. The minimum absolute atomic E-state index is 0.219. The lowest BCUT2D eigenvalue weighted by Gasteiger charge is -2.31. The van der Waals surface area contributed by atoms with E-state index in [0.29, 0.717) is 17.4 Å². The molecule has 1 aliphatic carbocycles. The van der Waals surface area contributed by atoms with Gasteiger partial charge in [0.25, 0.3) is 0 Å². The molecule has 8 heteroatoms. The molecule has 1 saturated carbocycles. The predicted molar refractivity (Wildman–Crippen MR) is 74.2 cm³/mol. The first-order valence-electron chi connectivity index (χ1n) is 7.63. The molecule has 0 aromatic rings. The molecule has 0 unspecified atom stereocenters. The Balaban J connectivity index is 1.79. The zero-order chi connectivity index (χ0) is 16.3. The normalized spacial score (nSPS) is 24.8. The van der Waals surface area contributed by atoms with Gasteiger partial charge in [0.2, 0.25) is 5.91 Å². The van der Waals surface area contributed by atoms with E-state index in [1.54, 1.807) is 4.90 Å². The Kier molecular flexibility index (Phi) is 5.18. The molecule has 22 heavy (non-hydrogen) atoms. The number of likely N-dealkylation sites (tertiary alicyclic amines) is 1. The number of nitrogens with one attached hydrogen (secondary N) is 1. The van der Waals surface area contributed by atoms with Crippen LogP contribution in [0.2, 0.25) is 0 Å². The van der Waals surface area contributed by atoms with Gasteiger partial charge in [-0.05, 0) is 25.2 Å². The molecule has 3 amide bonds. The summed E-state index contributed by atoms with van der Waals surface area (Å²) in [4.78, 5) is 26.1. The van der Waals surface area contributed by atoms with Gasteiger partial charge in [-0.2, -0.15) is 13.2 Å². The third kappa shape index (κ3) is 4.27. The first kappa shape index (κ1) is 16.9. The highest BCUT2D eigenvalue weighted by atomic mass is 19.4. The van der Waals surface area contributed by atoms with Crippen LogP contribution in [0.5, 0.6) is 0 Å². The number of urea groups is 1. The van der Waals surface area contributed by atoms with Gasteiger partial charge in [-0.25, -0.2) is 4.79 Å². The molecule has 2 atom stereocenters. The smallest absolute Gasteiger partial charge is 0.335 e. The number of alkyl halides is 3. The van der Waals surface area contributed by atoms with Gasteiger partial charge >= 0.3 is 12.2 Å². The van der Waals surface area contributed by atoms with Gasteiger partial charge < -0.3 is 15.1 Å². The van der Waals surface area contributed by atoms with E-state index in [1.165, 1.54) is 6.42 Å². The Labute approximate surface area is 127 Å². The van der Waals surface area contributed by atoms with Gasteiger partial charge in [-0.3, -0.25) is 4.79 Å². The molecule has 0 spiro atoms. The second-order valence-electron chi connectivity index (χ2n) is 6.12. The van der Waals surface area contributed by atoms with Crippen LogP contribution in [0, 0.1) is 5.92 Å². The van der Waals surface area contributed by atoms with Crippen LogP contribution in [-0.4, -0.2) is 60.6 Å². The molecular formula is C14H22F3N3O2. The van der Waals surface area contributed by atoms with Crippen molar-refractivity contribution < 1.29 is 22.8 Å². The van der Waals surface area contributed by atoms with Gasteiger partial charge in [0.05, 0.1) is 6.54 Å². The lowest BCUT2D eigenvalue weighted by Crippen LogP contribution is -2.48. The Morgan fingerprint density at radius 2 is 1.91 bits per heavy atom. The van der Waals surface area contributed by atoms with Crippen LogP contribution >= 0.6 is 0 Å². The van der Waals surface area contributed by atoms with Crippen LogP contribution < -0.4 is 5.32 Å². The summed E-state index contributed by atoms with van der Waals surface area (Å²) < 4.78 is 36.6. The maximum atomic E-state index is 12.2. The van der Waals surface area contributed by atoms with E-state index in [0.717, 1.165) is 32.7 Å². The average Bonchev–Trinajstić information content (AvgIpc) is 2.86. The number of carbonyl (C=O) groups is 2. The molecule has 0 aromatic heterocycles. The first-order valence-corrected chi connectivity index (χ1v) is 7.63. The van der Waals surface area contributed by atoms with Crippen molar-refractivity contribution in [1.29, 1.82) is 0 Å². The summed E-state index contributed by atoms with van der Waals surface area (Å²) >= 11 is 0. The van der Waals surface area contributed by atoms with E-state index < -0.39 is 25.2 Å². The predicted octanol–water partition coefficient (Wildman–Crippen LogP) is 1.98. The van der Waals surface area contributed by atoms with Crippen molar-refractivity contribution in [2.24, 2.45) is 5.92 Å². The lowest BCUT2D eigenvalue weighted by molar-refractivity contribution is -0.157. The fourth-order valence-electron chi connectivity index (χ4n) is 3.40. The van der Waals surface area contributed by atoms with E-state index in [9.17, 15) is 22.8 Å². The van der Waals surface area contributed by atoms with Gasteiger partial charge in [-0.15, -0.1) is 0 Å². The molecule has 1 N–H and O–H groups in total. The van der Waals surface area contributed by atoms with Crippen molar-refractivity contribution in [3.63, 3.8) is 0 Å². The monoisotopic (exact) mass is 321 g/mol. The topological polar surface area (TPSA) is 52.7 Å². The van der Waals surface area contributed by atoms with E-state index in [1.807, 2.05) is 0 Å². The molecule has 1 heterocycles. The van der Waals surface area contributed by atoms with E-state index in [-0.39, 0.29) is 12.1 Å². The van der Waals surface area contributed by atoms with Crippen LogP contribution in [0.25, 0.3) is 0 Å². The molecule has 126 valence electrons. The quantitative estimate of drug-likeness (QED) is 0.864. The maximum Gasteiger partial charge on any atom is 0.406 e. The summed E-state index contributed by atoms with van der Waals surface area (Å²) in [5.41, 5.74) is 0. The average molecular weight is 321 g/mol. The first-order chi connectivity index (χ1) is 10.3. The standard InChI is InChI=1S/C14H22F3N3O2/c1-19(9-14(15,16)17)12(21)8-18-13(22)20-7-6-10-4-2-3-5-11(10)20/h10-11H,2-9H2,1H3,(H,18,22)/t10-,11+/m1/s1. The van der Waals surface area contributed by atoms with E-state index in [2.05, 4.69) is 5.32 Å². The summed E-state index contributed by atoms with van der Waals surface area (Å²) in [5.74, 6) is -0.215. The molecule has 1 saturated heterocycles. The molecule has 0 bridgehead atoms. The van der Waals surface area contributed by atoms with Crippen molar-refractivity contribution in [3.8, 4) is 0 Å². The number of likely N-dealkylation sites (N-methyl/N-ethyl adjacent to an activating group) is 1.